The fraction of sp³-hybridized carbons (Fsp3) is 1.00. The van der Waals surface area contributed by atoms with Gasteiger partial charge in [-0.3, -0.25) is 0 Å². The van der Waals surface area contributed by atoms with E-state index in [2.05, 4.69) is 0 Å². The number of aliphatic hydroxyl groups excluding tert-OH is 5. The van der Waals surface area contributed by atoms with Crippen LogP contribution in [0, 0.1) is 0 Å². The van der Waals surface area contributed by atoms with Crippen molar-refractivity contribution in [1.82, 2.24) is 0 Å². The molecule has 0 saturated carbocycles. The first-order valence-corrected chi connectivity index (χ1v) is 4.15. The SMILES string of the molecule is C[B]C[C@H](O)[C@@H](O)[C@H](O)[C@H](O)CO. The largest absolute Gasteiger partial charge is 0.394 e. The van der Waals surface area contributed by atoms with E-state index in [9.17, 15) is 10.2 Å². The second kappa shape index (κ2) is 6.34. The summed E-state index contributed by atoms with van der Waals surface area (Å²) < 4.78 is 0. The summed E-state index contributed by atoms with van der Waals surface area (Å²) in [6, 6.07) is 0. The second-order valence-electron chi connectivity index (χ2n) is 2.94. The van der Waals surface area contributed by atoms with Crippen molar-refractivity contribution in [3.63, 3.8) is 0 Å². The van der Waals surface area contributed by atoms with Crippen LogP contribution in [0.15, 0.2) is 0 Å². The minimum Gasteiger partial charge on any atom is -0.394 e. The Bertz CT molecular complexity index is 134. The maximum Gasteiger partial charge on any atom is 0.110 e. The molecule has 1 radical (unpaired) electrons. The van der Waals surface area contributed by atoms with Gasteiger partial charge in [0.15, 0.2) is 0 Å². The molecule has 13 heavy (non-hydrogen) atoms. The average Bonchev–Trinajstić information content (AvgIpc) is 2.14. The van der Waals surface area contributed by atoms with Crippen LogP contribution in [0.3, 0.4) is 0 Å². The summed E-state index contributed by atoms with van der Waals surface area (Å²) in [6.07, 6.45) is -5.31. The van der Waals surface area contributed by atoms with E-state index in [4.69, 9.17) is 15.3 Å². The maximum atomic E-state index is 9.23. The highest BCUT2D eigenvalue weighted by Gasteiger charge is 2.29. The lowest BCUT2D eigenvalue weighted by atomic mass is 9.74. The fourth-order valence-corrected chi connectivity index (χ4v) is 0.944. The van der Waals surface area contributed by atoms with Gasteiger partial charge in [0.2, 0.25) is 0 Å². The molecule has 0 aromatic heterocycles. The van der Waals surface area contributed by atoms with Crippen molar-refractivity contribution in [1.29, 1.82) is 0 Å². The van der Waals surface area contributed by atoms with Gasteiger partial charge in [0, 0.05) is 0 Å². The van der Waals surface area contributed by atoms with Crippen molar-refractivity contribution in [2.45, 2.75) is 37.6 Å². The van der Waals surface area contributed by atoms with Crippen molar-refractivity contribution in [2.75, 3.05) is 6.61 Å². The highest BCUT2D eigenvalue weighted by Crippen LogP contribution is 2.07. The normalized spacial score (nSPS) is 20.5. The summed E-state index contributed by atoms with van der Waals surface area (Å²) in [5, 5.41) is 45.0. The third-order valence-corrected chi connectivity index (χ3v) is 1.80. The number of rotatable bonds is 6. The predicted octanol–water partition coefficient (Wildman–Crippen LogP) is -2.41. The molecule has 0 fully saturated rings. The molecule has 0 aliphatic carbocycles. The molecule has 0 spiro atoms. The van der Waals surface area contributed by atoms with Gasteiger partial charge in [0.1, 0.15) is 25.6 Å². The molecule has 5 N–H and O–H groups in total. The molecular formula is C7H16BO5. The molecule has 77 valence electrons. The Kier molecular flexibility index (Phi) is 6.27. The first-order chi connectivity index (χ1) is 6.04. The van der Waals surface area contributed by atoms with E-state index in [1.165, 1.54) is 0 Å². The Morgan fingerprint density at radius 2 is 1.46 bits per heavy atom. The number of aliphatic hydroxyl groups is 5. The Morgan fingerprint density at radius 3 is 1.85 bits per heavy atom. The predicted molar refractivity (Wildman–Crippen MR) is 47.5 cm³/mol. The molecule has 0 rings (SSSR count). The molecule has 0 heterocycles. The van der Waals surface area contributed by atoms with Crippen molar-refractivity contribution in [2.24, 2.45) is 0 Å². The van der Waals surface area contributed by atoms with Crippen LogP contribution >= 0.6 is 0 Å². The first-order valence-electron chi connectivity index (χ1n) is 4.15. The zero-order valence-electron chi connectivity index (χ0n) is 7.54. The van der Waals surface area contributed by atoms with Crippen LogP contribution in [0.4, 0.5) is 0 Å². The summed E-state index contributed by atoms with van der Waals surface area (Å²) in [4.78, 5) is 0. The van der Waals surface area contributed by atoms with Crippen LogP contribution in [0.25, 0.3) is 0 Å². The van der Waals surface area contributed by atoms with Crippen LogP contribution in [-0.2, 0) is 0 Å². The van der Waals surface area contributed by atoms with Gasteiger partial charge in [-0.2, -0.15) is 0 Å². The summed E-state index contributed by atoms with van der Waals surface area (Å²) in [5.41, 5.74) is 0. The fourth-order valence-electron chi connectivity index (χ4n) is 0.944. The lowest BCUT2D eigenvalue weighted by molar-refractivity contribution is -0.110. The van der Waals surface area contributed by atoms with Crippen LogP contribution in [-0.4, -0.2) is 63.8 Å². The van der Waals surface area contributed by atoms with Gasteiger partial charge in [-0.25, -0.2) is 0 Å². The molecule has 5 nitrogen and oxygen atoms in total. The van der Waals surface area contributed by atoms with Gasteiger partial charge < -0.3 is 25.5 Å². The summed E-state index contributed by atoms with van der Waals surface area (Å²) in [7, 11) is 1.63. The van der Waals surface area contributed by atoms with E-state index in [1.807, 2.05) is 0 Å². The lowest BCUT2D eigenvalue weighted by Gasteiger charge is -2.25. The van der Waals surface area contributed by atoms with Gasteiger partial charge in [0.05, 0.1) is 12.7 Å². The van der Waals surface area contributed by atoms with Crippen LogP contribution < -0.4 is 0 Å². The van der Waals surface area contributed by atoms with Gasteiger partial charge in [-0.1, -0.05) is 13.1 Å². The van der Waals surface area contributed by atoms with Gasteiger partial charge in [-0.15, -0.1) is 0 Å². The molecule has 0 aromatic carbocycles. The topological polar surface area (TPSA) is 101 Å². The lowest BCUT2D eigenvalue weighted by Crippen LogP contribution is -2.45. The van der Waals surface area contributed by atoms with E-state index in [1.54, 1.807) is 14.1 Å². The zero-order chi connectivity index (χ0) is 10.4. The third-order valence-electron chi connectivity index (χ3n) is 1.80. The van der Waals surface area contributed by atoms with Gasteiger partial charge >= 0.3 is 0 Å². The molecule has 0 bridgehead atoms. The van der Waals surface area contributed by atoms with Gasteiger partial charge in [0.25, 0.3) is 0 Å². The molecule has 0 aliphatic rings. The highest BCUT2D eigenvalue weighted by molar-refractivity contribution is 6.33. The third kappa shape index (κ3) is 4.06. The molecule has 6 heteroatoms. The Morgan fingerprint density at radius 1 is 1.00 bits per heavy atom. The van der Waals surface area contributed by atoms with Gasteiger partial charge in [-0.05, 0) is 0 Å². The minimum absolute atomic E-state index is 0.219. The number of hydrogen-bond acceptors (Lipinski definition) is 5. The molecular weight excluding hydrogens is 175 g/mol. The quantitative estimate of drug-likeness (QED) is 0.301. The average molecular weight is 191 g/mol. The Labute approximate surface area is 77.9 Å². The van der Waals surface area contributed by atoms with Crippen LogP contribution in [0.1, 0.15) is 0 Å². The highest BCUT2D eigenvalue weighted by atomic mass is 16.4. The second-order valence-corrected chi connectivity index (χ2v) is 2.94. The van der Waals surface area contributed by atoms with Crippen molar-refractivity contribution in [3.05, 3.63) is 0 Å². The molecule has 0 aliphatic heterocycles. The van der Waals surface area contributed by atoms with E-state index >= 15 is 0 Å². The first kappa shape index (κ1) is 12.9. The molecule has 0 unspecified atom stereocenters. The monoisotopic (exact) mass is 191 g/mol. The van der Waals surface area contributed by atoms with Crippen LogP contribution in [0.5, 0.6) is 0 Å². The van der Waals surface area contributed by atoms with E-state index in [0.29, 0.717) is 0 Å². The van der Waals surface area contributed by atoms with Crippen molar-refractivity contribution in [3.8, 4) is 0 Å². The molecule has 0 saturated heterocycles. The summed E-state index contributed by atoms with van der Waals surface area (Å²) >= 11 is 0. The molecule has 4 atom stereocenters. The Hall–Kier alpha value is -0.135. The summed E-state index contributed by atoms with van der Waals surface area (Å²) in [6.45, 7) is 1.05. The maximum absolute atomic E-state index is 9.23. The zero-order valence-corrected chi connectivity index (χ0v) is 7.54. The van der Waals surface area contributed by atoms with E-state index in [-0.39, 0.29) is 6.32 Å². The molecule has 0 amide bonds. The van der Waals surface area contributed by atoms with Crippen molar-refractivity contribution >= 4 is 7.28 Å². The number of hydrogen-bond donors (Lipinski definition) is 5. The smallest absolute Gasteiger partial charge is 0.110 e. The van der Waals surface area contributed by atoms with E-state index in [0.717, 1.165) is 0 Å². The van der Waals surface area contributed by atoms with Crippen LogP contribution in [0.2, 0.25) is 13.1 Å². The molecule has 0 aromatic rings. The Balaban J connectivity index is 3.99. The summed E-state index contributed by atoms with van der Waals surface area (Å²) in [5.74, 6) is 0. The minimum atomic E-state index is -1.53. The van der Waals surface area contributed by atoms with Crippen molar-refractivity contribution < 1.29 is 25.5 Å². The standard InChI is InChI=1S/C7H16BO5/c1-8-2-4(10)6(12)7(13)5(11)3-9/h4-7,9-13H,2-3H2,1H3/t4-,5+,6+,7+/m0/s1. The van der Waals surface area contributed by atoms with E-state index < -0.39 is 31.0 Å².